The molecule has 0 atom stereocenters. The average Bonchev–Trinajstić information content (AvgIpc) is 1.60. The molecule has 1 aliphatic heterocycles. The van der Waals surface area contributed by atoms with E-state index in [9.17, 15) is 0 Å². The maximum absolute atomic E-state index is 6.25. The van der Waals surface area contributed by atoms with Crippen LogP contribution >= 0.6 is 38.6 Å². The fourth-order valence-electron chi connectivity index (χ4n) is 13.7. The second-order valence-corrected chi connectivity index (χ2v) is 30.5. The van der Waals surface area contributed by atoms with E-state index in [1.807, 2.05) is 168 Å². The zero-order valence-corrected chi connectivity index (χ0v) is 63.0. The lowest BCUT2D eigenvalue weighted by molar-refractivity contribution is 0.00578. The van der Waals surface area contributed by atoms with Gasteiger partial charge in [-0.1, -0.05) is 340 Å². The maximum atomic E-state index is 6.25. The first kappa shape index (κ1) is 69.1. The van der Waals surface area contributed by atoms with Crippen LogP contribution in [0.2, 0.25) is 0 Å². The molecule has 0 saturated carbocycles. The van der Waals surface area contributed by atoms with Gasteiger partial charge in [-0.25, -0.2) is 29.9 Å². The Hall–Kier alpha value is -12.0. The van der Waals surface area contributed by atoms with E-state index in [0.29, 0.717) is 34.9 Å². The SMILES string of the molecule is Brc1cccc2c1sc1c(-c3ccc(-c4ccccc4)cc3)cccc12.CC1(C)OB(c2cccc(-c3nc(-c4ccccc4)nc(-c4ccccc4)n3)c2)OC1(C)C.c1ccc(-c2ccc(-c3cccc4c3sc3c(-c5cccc(-c6nc(-c7ccccc7)nc(-c7ccccc7)n6)c5)cccc34)cc2)cc1. The number of hydrogen-bond acceptors (Lipinski definition) is 10. The van der Waals surface area contributed by atoms with Crippen molar-refractivity contribution < 1.29 is 9.31 Å². The predicted octanol–water partition coefficient (Wildman–Crippen LogP) is 25.6. The topological polar surface area (TPSA) is 95.8 Å². The molecule has 8 nitrogen and oxygen atoms in total. The summed E-state index contributed by atoms with van der Waals surface area (Å²) >= 11 is 7.43. The Morgan fingerprint density at radius 1 is 0.241 bits per heavy atom. The maximum Gasteiger partial charge on any atom is 0.494 e. The Kier molecular flexibility index (Phi) is 19.3. The molecule has 0 unspecified atom stereocenters. The number of aromatic nitrogens is 6. The average molecular weight is 1490 g/mol. The van der Waals surface area contributed by atoms with Crippen molar-refractivity contribution in [3.05, 3.63) is 356 Å². The van der Waals surface area contributed by atoms with E-state index < -0.39 is 18.3 Å². The van der Waals surface area contributed by atoms with Crippen LogP contribution in [0.25, 0.3) is 164 Å². The zero-order chi connectivity index (χ0) is 73.1. The van der Waals surface area contributed by atoms with E-state index in [2.05, 4.69) is 250 Å². The van der Waals surface area contributed by atoms with E-state index in [1.165, 1.54) is 94.9 Å². The van der Waals surface area contributed by atoms with Gasteiger partial charge in [0.1, 0.15) is 0 Å². The second kappa shape index (κ2) is 30.1. The van der Waals surface area contributed by atoms with Crippen LogP contribution < -0.4 is 5.46 Å². The lowest BCUT2D eigenvalue weighted by Crippen LogP contribution is -2.41. The smallest absolute Gasteiger partial charge is 0.399 e. The fraction of sp³-hybridized carbons (Fsp3) is 0.0625. The van der Waals surface area contributed by atoms with E-state index in [1.54, 1.807) is 0 Å². The minimum Gasteiger partial charge on any atom is -0.399 e. The summed E-state index contributed by atoms with van der Waals surface area (Å²) in [5, 5.41) is 5.20. The van der Waals surface area contributed by atoms with Crippen LogP contribution in [0.4, 0.5) is 0 Å². The molecule has 5 heterocycles. The molecule has 0 spiro atoms. The Morgan fingerprint density at radius 2 is 0.500 bits per heavy atom. The normalized spacial score (nSPS) is 12.9. The largest absolute Gasteiger partial charge is 0.494 e. The van der Waals surface area contributed by atoms with E-state index in [-0.39, 0.29) is 0 Å². The first-order valence-electron chi connectivity index (χ1n) is 36.1. The van der Waals surface area contributed by atoms with Crippen LogP contribution in [0.5, 0.6) is 0 Å². The molecule has 0 bridgehead atoms. The molecule has 1 aliphatic rings. The highest BCUT2D eigenvalue weighted by atomic mass is 79.9. The Morgan fingerprint density at radius 3 is 0.880 bits per heavy atom. The van der Waals surface area contributed by atoms with Crippen LogP contribution in [0.1, 0.15) is 27.7 Å². The molecular formula is C96H70BBrN6O2S2. The van der Waals surface area contributed by atoms with Crippen LogP contribution in [0.15, 0.2) is 356 Å². The van der Waals surface area contributed by atoms with Crippen molar-refractivity contribution in [3.8, 4) is 124 Å². The lowest BCUT2D eigenvalue weighted by Gasteiger charge is -2.32. The molecule has 18 aromatic rings. The van der Waals surface area contributed by atoms with Gasteiger partial charge in [0, 0.05) is 78.2 Å². The molecule has 4 aromatic heterocycles. The summed E-state index contributed by atoms with van der Waals surface area (Å²) in [5.74, 6) is 3.86. The molecule has 12 heteroatoms. The van der Waals surface area contributed by atoms with Crippen molar-refractivity contribution >= 4 is 91.5 Å². The highest BCUT2D eigenvalue weighted by molar-refractivity contribution is 9.10. The monoisotopic (exact) mass is 1490 g/mol. The summed E-state index contributed by atoms with van der Waals surface area (Å²) in [6, 6.07) is 122. The van der Waals surface area contributed by atoms with E-state index in [4.69, 9.17) is 39.2 Å². The molecule has 108 heavy (non-hydrogen) atoms. The minimum atomic E-state index is -0.445. The third-order valence-corrected chi connectivity index (χ3v) is 23.6. The Bertz CT molecular complexity index is 6120. The third-order valence-electron chi connectivity index (χ3n) is 20.1. The van der Waals surface area contributed by atoms with Crippen LogP contribution in [-0.2, 0) is 9.31 Å². The van der Waals surface area contributed by atoms with Gasteiger partial charge in [-0.05, 0) is 117 Å². The van der Waals surface area contributed by atoms with Gasteiger partial charge in [0.2, 0.25) is 0 Å². The van der Waals surface area contributed by atoms with Crippen molar-refractivity contribution in [3.63, 3.8) is 0 Å². The molecule has 0 radical (unpaired) electrons. The van der Waals surface area contributed by atoms with E-state index in [0.717, 1.165) is 44.4 Å². The molecule has 19 rings (SSSR count). The van der Waals surface area contributed by atoms with E-state index >= 15 is 0 Å². The van der Waals surface area contributed by atoms with Crippen molar-refractivity contribution in [1.29, 1.82) is 0 Å². The Balaban J connectivity index is 0.000000126. The lowest BCUT2D eigenvalue weighted by atomic mass is 9.78. The minimum absolute atomic E-state index is 0.401. The van der Waals surface area contributed by atoms with Crippen LogP contribution in [-0.4, -0.2) is 48.2 Å². The number of rotatable bonds is 12. The first-order chi connectivity index (χ1) is 52.9. The van der Waals surface area contributed by atoms with Crippen molar-refractivity contribution in [2.75, 3.05) is 0 Å². The summed E-state index contributed by atoms with van der Waals surface area (Å²) in [7, 11) is -0.445. The van der Waals surface area contributed by atoms with Crippen molar-refractivity contribution in [2.24, 2.45) is 0 Å². The van der Waals surface area contributed by atoms with Gasteiger partial charge < -0.3 is 9.31 Å². The standard InChI is InChI=1S/C45H29N3S.C27H26BN3O2.C24H15BrS/c1-4-13-30(14-5-1)31-25-27-32(28-26-31)37-21-11-23-39-40-24-12-22-38(42(40)49-41(37)39)35-19-10-20-36(29-35)45-47-43(33-15-6-2-7-16-33)46-44(48-45)34-17-8-3-9-18-34;1-26(2)27(3,4)33-28(32-26)22-17-11-16-21(18-22)25-30-23(19-12-7-5-8-13-19)29-24(31-25)20-14-9-6-10-15-20;25-22-11-5-10-21-20-9-4-8-19(23(20)26-24(21)22)18-14-12-17(13-15-18)16-6-2-1-3-7-16/h1-29H;5-18H,1-4H3;1-15H. The molecule has 0 N–H and O–H groups in total. The highest BCUT2D eigenvalue weighted by Gasteiger charge is 2.51. The number of fused-ring (bicyclic) bond motifs is 6. The van der Waals surface area contributed by atoms with Gasteiger partial charge in [-0.3, -0.25) is 0 Å². The van der Waals surface area contributed by atoms with Gasteiger partial charge in [-0.15, -0.1) is 22.7 Å². The summed E-state index contributed by atoms with van der Waals surface area (Å²) in [5.41, 5.74) is 18.1. The molecular weight excluding hydrogens is 1420 g/mol. The predicted molar refractivity (Wildman–Crippen MR) is 455 cm³/mol. The quantitative estimate of drug-likeness (QED) is 0.112. The number of nitrogens with zero attached hydrogens (tertiary/aromatic N) is 6. The van der Waals surface area contributed by atoms with Gasteiger partial charge >= 0.3 is 7.12 Å². The Labute approximate surface area is 645 Å². The van der Waals surface area contributed by atoms with Gasteiger partial charge in [-0.2, -0.15) is 0 Å². The number of halogens is 1. The van der Waals surface area contributed by atoms with Crippen LogP contribution in [0.3, 0.4) is 0 Å². The molecule has 14 aromatic carbocycles. The van der Waals surface area contributed by atoms with Crippen LogP contribution in [0, 0.1) is 0 Å². The summed E-state index contributed by atoms with van der Waals surface area (Å²) in [4.78, 5) is 29.2. The molecule has 0 aliphatic carbocycles. The molecule has 518 valence electrons. The first-order valence-corrected chi connectivity index (χ1v) is 38.5. The number of thiophene rings is 2. The molecule has 1 saturated heterocycles. The second-order valence-electron chi connectivity index (χ2n) is 27.6. The molecule has 0 amide bonds. The highest BCUT2D eigenvalue weighted by Crippen LogP contribution is 2.46. The van der Waals surface area contributed by atoms with Crippen molar-refractivity contribution in [1.82, 2.24) is 29.9 Å². The molecule has 1 fully saturated rings. The zero-order valence-electron chi connectivity index (χ0n) is 59.8. The van der Waals surface area contributed by atoms with Crippen molar-refractivity contribution in [2.45, 2.75) is 38.9 Å². The van der Waals surface area contributed by atoms with Gasteiger partial charge in [0.15, 0.2) is 34.9 Å². The third kappa shape index (κ3) is 14.2. The summed E-state index contributed by atoms with van der Waals surface area (Å²) in [6.07, 6.45) is 0. The van der Waals surface area contributed by atoms with Gasteiger partial charge in [0.25, 0.3) is 0 Å². The summed E-state index contributed by atoms with van der Waals surface area (Å²) in [6.45, 7) is 8.23. The summed E-state index contributed by atoms with van der Waals surface area (Å²) < 4.78 is 18.9. The number of benzene rings is 14. The van der Waals surface area contributed by atoms with Gasteiger partial charge in [0.05, 0.1) is 11.2 Å². The number of hydrogen-bond donors (Lipinski definition) is 0. The fourth-order valence-corrected chi connectivity index (χ4v) is 17.0.